The first-order valence-electron chi connectivity index (χ1n) is 7.58. The van der Waals surface area contributed by atoms with Crippen molar-refractivity contribution in [1.82, 2.24) is 9.80 Å². The lowest BCUT2D eigenvalue weighted by Gasteiger charge is -2.30. The summed E-state index contributed by atoms with van der Waals surface area (Å²) in [7, 11) is 0. The third-order valence-electron chi connectivity index (χ3n) is 3.83. The summed E-state index contributed by atoms with van der Waals surface area (Å²) in [5.74, 6) is -1.21. The number of carbonyl (C=O) groups is 3. The number of rotatable bonds is 3. The van der Waals surface area contributed by atoms with E-state index in [0.717, 1.165) is 5.56 Å². The molecule has 0 radical (unpaired) electrons. The van der Waals surface area contributed by atoms with E-state index in [4.69, 9.17) is 0 Å². The minimum Gasteiger partial charge on any atom is -0.274 e. The smallest absolute Gasteiger partial charge is 0.274 e. The van der Waals surface area contributed by atoms with Gasteiger partial charge in [0.2, 0.25) is 11.8 Å². The van der Waals surface area contributed by atoms with Gasteiger partial charge in [-0.3, -0.25) is 19.4 Å². The minimum absolute atomic E-state index is 0.0238. The number of urea groups is 1. The maximum Gasteiger partial charge on any atom is 0.333 e. The molecule has 1 aromatic carbocycles. The molecule has 0 saturated carbocycles. The lowest BCUT2D eigenvalue weighted by Crippen LogP contribution is -2.51. The lowest BCUT2D eigenvalue weighted by atomic mass is 9.94. The Kier molecular flexibility index (Phi) is 4.64. The molecule has 2 rings (SSSR count). The summed E-state index contributed by atoms with van der Waals surface area (Å²) in [5, 5.41) is 0. The summed E-state index contributed by atoms with van der Waals surface area (Å²) in [6, 6.07) is 8.09. The minimum atomic E-state index is -0.608. The summed E-state index contributed by atoms with van der Waals surface area (Å²) in [6.07, 6.45) is 0.0238. The maximum absolute atomic E-state index is 12.8. The molecule has 0 N–H and O–H groups in total. The van der Waals surface area contributed by atoms with Gasteiger partial charge in [-0.25, -0.2) is 4.79 Å². The zero-order valence-electron chi connectivity index (χ0n) is 13.4. The van der Waals surface area contributed by atoms with E-state index < -0.39 is 11.9 Å². The van der Waals surface area contributed by atoms with Crippen LogP contribution in [0.4, 0.5) is 4.79 Å². The van der Waals surface area contributed by atoms with Gasteiger partial charge in [0, 0.05) is 18.5 Å². The Bertz CT molecular complexity index is 581. The highest BCUT2D eigenvalue weighted by atomic mass is 16.2. The van der Waals surface area contributed by atoms with E-state index in [0.29, 0.717) is 0 Å². The number of benzene rings is 1. The average Bonchev–Trinajstić information content (AvgIpc) is 2.54. The number of imide groups is 2. The van der Waals surface area contributed by atoms with Gasteiger partial charge in [0.25, 0.3) is 0 Å². The molecule has 0 aliphatic carbocycles. The van der Waals surface area contributed by atoms with Crippen LogP contribution < -0.4 is 0 Å². The van der Waals surface area contributed by atoms with Crippen molar-refractivity contribution in [2.75, 3.05) is 0 Å². The highest BCUT2D eigenvalue weighted by Gasteiger charge is 2.42. The Morgan fingerprint density at radius 1 is 0.909 bits per heavy atom. The summed E-state index contributed by atoms with van der Waals surface area (Å²) >= 11 is 0. The molecule has 22 heavy (non-hydrogen) atoms. The van der Waals surface area contributed by atoms with Crippen LogP contribution in [0.25, 0.3) is 0 Å². The van der Waals surface area contributed by atoms with Crippen molar-refractivity contribution in [3.05, 3.63) is 35.9 Å². The average molecular weight is 302 g/mol. The predicted octanol–water partition coefficient (Wildman–Crippen LogP) is 2.77. The van der Waals surface area contributed by atoms with Crippen LogP contribution in [-0.2, 0) is 9.59 Å². The molecule has 1 fully saturated rings. The van der Waals surface area contributed by atoms with Crippen molar-refractivity contribution >= 4 is 17.8 Å². The molecule has 4 amide bonds. The quantitative estimate of drug-likeness (QED) is 0.862. The first-order valence-corrected chi connectivity index (χ1v) is 7.58. The molecule has 0 bridgehead atoms. The van der Waals surface area contributed by atoms with Gasteiger partial charge in [-0.1, -0.05) is 30.3 Å². The van der Waals surface area contributed by atoms with E-state index in [9.17, 15) is 14.4 Å². The third-order valence-corrected chi connectivity index (χ3v) is 3.83. The number of carbonyl (C=O) groups excluding carboxylic acids is 3. The van der Waals surface area contributed by atoms with Crippen molar-refractivity contribution < 1.29 is 14.4 Å². The molecule has 1 unspecified atom stereocenters. The van der Waals surface area contributed by atoms with Crippen molar-refractivity contribution in [3.63, 3.8) is 0 Å². The number of hydrogen-bond donors (Lipinski definition) is 0. The highest BCUT2D eigenvalue weighted by molar-refractivity contribution is 6.08. The van der Waals surface area contributed by atoms with Crippen molar-refractivity contribution in [3.8, 4) is 0 Å². The van der Waals surface area contributed by atoms with Gasteiger partial charge in [0.1, 0.15) is 0 Å². The Labute approximate surface area is 130 Å². The monoisotopic (exact) mass is 302 g/mol. The largest absolute Gasteiger partial charge is 0.333 e. The molecule has 0 aromatic heterocycles. The fraction of sp³-hybridized carbons (Fsp3) is 0.471. The SMILES string of the molecule is CC(C)N1C(=O)CC(c2ccccc2)C(=O)N(C(C)C)C1=O. The van der Waals surface area contributed by atoms with Gasteiger partial charge >= 0.3 is 6.03 Å². The Morgan fingerprint density at radius 3 is 1.95 bits per heavy atom. The van der Waals surface area contributed by atoms with Crippen LogP contribution in [0.3, 0.4) is 0 Å². The third kappa shape index (κ3) is 2.89. The number of nitrogens with zero attached hydrogens (tertiary/aromatic N) is 2. The fourth-order valence-electron chi connectivity index (χ4n) is 2.78. The second-order valence-electron chi connectivity index (χ2n) is 6.11. The Balaban J connectivity index is 2.49. The summed E-state index contributed by atoms with van der Waals surface area (Å²) in [4.78, 5) is 40.4. The van der Waals surface area contributed by atoms with Crippen molar-refractivity contribution in [2.24, 2.45) is 0 Å². The zero-order valence-corrected chi connectivity index (χ0v) is 13.4. The normalized spacial score (nSPS) is 20.1. The number of amides is 4. The molecule has 118 valence electrons. The highest BCUT2D eigenvalue weighted by Crippen LogP contribution is 2.29. The van der Waals surface area contributed by atoms with Gasteiger partial charge in [-0.15, -0.1) is 0 Å². The first kappa shape index (κ1) is 16.2. The molecule has 1 aromatic rings. The van der Waals surface area contributed by atoms with Crippen molar-refractivity contribution in [2.45, 2.75) is 52.1 Å². The molecule has 1 atom stereocenters. The van der Waals surface area contributed by atoms with Gasteiger partial charge < -0.3 is 0 Å². The molecule has 1 saturated heterocycles. The zero-order chi connectivity index (χ0) is 16.4. The molecule has 1 heterocycles. The van der Waals surface area contributed by atoms with Gasteiger partial charge in [-0.2, -0.15) is 0 Å². The van der Waals surface area contributed by atoms with E-state index in [1.165, 1.54) is 9.80 Å². The summed E-state index contributed by atoms with van der Waals surface area (Å²) in [6.45, 7) is 7.13. The molecule has 5 heteroatoms. The van der Waals surface area contributed by atoms with Gasteiger partial charge in [0.05, 0.1) is 5.92 Å². The van der Waals surface area contributed by atoms with Crippen LogP contribution in [0.1, 0.15) is 45.6 Å². The second kappa shape index (κ2) is 6.30. The lowest BCUT2D eigenvalue weighted by molar-refractivity contribution is -0.132. The number of hydrogen-bond acceptors (Lipinski definition) is 3. The molecule has 5 nitrogen and oxygen atoms in total. The van der Waals surface area contributed by atoms with E-state index in [2.05, 4.69) is 0 Å². The van der Waals surface area contributed by atoms with E-state index in [1.54, 1.807) is 27.7 Å². The van der Waals surface area contributed by atoms with Crippen LogP contribution in [0.5, 0.6) is 0 Å². The van der Waals surface area contributed by atoms with E-state index in [1.807, 2.05) is 30.3 Å². The van der Waals surface area contributed by atoms with Crippen molar-refractivity contribution in [1.29, 1.82) is 0 Å². The van der Waals surface area contributed by atoms with E-state index in [-0.39, 0.29) is 30.3 Å². The topological polar surface area (TPSA) is 57.7 Å². The van der Waals surface area contributed by atoms with E-state index >= 15 is 0 Å². The Morgan fingerprint density at radius 2 is 1.45 bits per heavy atom. The van der Waals surface area contributed by atoms with Gasteiger partial charge in [-0.05, 0) is 33.3 Å². The maximum atomic E-state index is 12.8. The fourth-order valence-corrected chi connectivity index (χ4v) is 2.78. The van der Waals surface area contributed by atoms with Crippen LogP contribution in [-0.4, -0.2) is 39.7 Å². The van der Waals surface area contributed by atoms with Crippen LogP contribution in [0, 0.1) is 0 Å². The predicted molar refractivity (Wildman–Crippen MR) is 83.2 cm³/mol. The molecule has 1 aliphatic rings. The standard InChI is InChI=1S/C17H22N2O3/c1-11(2)18-15(20)10-14(13-8-6-5-7-9-13)16(21)19(12(3)4)17(18)22/h5-9,11-12,14H,10H2,1-4H3. The van der Waals surface area contributed by atoms with Crippen LogP contribution in [0.15, 0.2) is 30.3 Å². The molecule has 1 aliphatic heterocycles. The molecular weight excluding hydrogens is 280 g/mol. The summed E-state index contributed by atoms with van der Waals surface area (Å²) in [5.41, 5.74) is 0.768. The Hall–Kier alpha value is -2.17. The first-order chi connectivity index (χ1) is 10.3. The second-order valence-corrected chi connectivity index (χ2v) is 6.11. The molecular formula is C17H22N2O3. The van der Waals surface area contributed by atoms with Gasteiger partial charge in [0.15, 0.2) is 0 Å². The van der Waals surface area contributed by atoms with Crippen LogP contribution >= 0.6 is 0 Å². The summed E-state index contributed by atoms with van der Waals surface area (Å²) < 4.78 is 0. The van der Waals surface area contributed by atoms with Crippen LogP contribution in [0.2, 0.25) is 0 Å². The molecule has 0 spiro atoms.